The van der Waals surface area contributed by atoms with Crippen LogP contribution in [-0.4, -0.2) is 41.1 Å². The number of thioether (sulfide) groups is 1. The molecule has 16 heavy (non-hydrogen) atoms. The number of nitrogens with zero attached hydrogens (tertiary/aromatic N) is 1. The second-order valence-electron chi connectivity index (χ2n) is 5.98. The van der Waals surface area contributed by atoms with Crippen molar-refractivity contribution >= 4 is 11.8 Å². The molecule has 2 aliphatic rings. The summed E-state index contributed by atoms with van der Waals surface area (Å²) in [6.45, 7) is 8.29. The molecule has 0 radical (unpaired) electrons. The molecule has 0 aromatic rings. The molecule has 0 bridgehead atoms. The van der Waals surface area contributed by atoms with Gasteiger partial charge in [-0.15, -0.1) is 0 Å². The summed E-state index contributed by atoms with van der Waals surface area (Å²) in [6.07, 6.45) is 5.17. The molecule has 0 aromatic heterocycles. The van der Waals surface area contributed by atoms with E-state index in [1.54, 1.807) is 0 Å². The Morgan fingerprint density at radius 2 is 2.25 bits per heavy atom. The fourth-order valence-corrected chi connectivity index (χ4v) is 4.41. The molecule has 2 rings (SSSR count). The zero-order valence-electron chi connectivity index (χ0n) is 10.7. The zero-order valence-corrected chi connectivity index (χ0v) is 11.6. The Hall–Kier alpha value is 0.270. The number of nitrogens with two attached hydrogens (primary N) is 1. The fourth-order valence-electron chi connectivity index (χ4n) is 3.32. The lowest BCUT2D eigenvalue weighted by Gasteiger charge is -2.42. The van der Waals surface area contributed by atoms with Crippen molar-refractivity contribution in [1.29, 1.82) is 0 Å². The van der Waals surface area contributed by atoms with Gasteiger partial charge >= 0.3 is 0 Å². The number of hydrogen-bond donors (Lipinski definition) is 1. The lowest BCUT2D eigenvalue weighted by Crippen LogP contribution is -2.54. The smallest absolute Gasteiger partial charge is 0.0285 e. The first kappa shape index (κ1) is 12.7. The Morgan fingerprint density at radius 1 is 1.44 bits per heavy atom. The van der Waals surface area contributed by atoms with Crippen LogP contribution in [0.4, 0.5) is 0 Å². The van der Waals surface area contributed by atoms with Crippen LogP contribution in [0.3, 0.4) is 0 Å². The SMILES string of the molecule is CC1CCCC(N)(CN2CCSC(C)C2)C1. The van der Waals surface area contributed by atoms with Crippen molar-refractivity contribution < 1.29 is 0 Å². The molecule has 3 heteroatoms. The maximum atomic E-state index is 6.58. The van der Waals surface area contributed by atoms with Crippen LogP contribution in [0.25, 0.3) is 0 Å². The van der Waals surface area contributed by atoms with Crippen molar-refractivity contribution in [1.82, 2.24) is 4.90 Å². The minimum absolute atomic E-state index is 0.111. The summed E-state index contributed by atoms with van der Waals surface area (Å²) in [7, 11) is 0. The molecule has 1 saturated carbocycles. The maximum absolute atomic E-state index is 6.58. The highest BCUT2D eigenvalue weighted by Gasteiger charge is 2.33. The van der Waals surface area contributed by atoms with Gasteiger partial charge in [-0.25, -0.2) is 0 Å². The molecule has 0 aromatic carbocycles. The first-order valence-electron chi connectivity index (χ1n) is 6.70. The minimum Gasteiger partial charge on any atom is -0.324 e. The molecule has 2 nitrogen and oxygen atoms in total. The van der Waals surface area contributed by atoms with Gasteiger partial charge in [-0.1, -0.05) is 26.7 Å². The second kappa shape index (κ2) is 5.28. The highest BCUT2D eigenvalue weighted by molar-refractivity contribution is 7.99. The van der Waals surface area contributed by atoms with E-state index < -0.39 is 0 Å². The molecule has 2 fully saturated rings. The van der Waals surface area contributed by atoms with Gasteiger partial charge in [-0.3, -0.25) is 4.90 Å². The lowest BCUT2D eigenvalue weighted by molar-refractivity contribution is 0.154. The molecule has 2 N–H and O–H groups in total. The van der Waals surface area contributed by atoms with Crippen LogP contribution in [0, 0.1) is 5.92 Å². The van der Waals surface area contributed by atoms with Crippen LogP contribution in [0.15, 0.2) is 0 Å². The Morgan fingerprint density at radius 3 is 2.94 bits per heavy atom. The standard InChI is InChI=1S/C13H26N2S/c1-11-4-3-5-13(14,8-11)10-15-6-7-16-12(2)9-15/h11-12H,3-10,14H2,1-2H3. The molecular weight excluding hydrogens is 216 g/mol. The van der Waals surface area contributed by atoms with E-state index in [9.17, 15) is 0 Å². The van der Waals surface area contributed by atoms with Crippen LogP contribution >= 0.6 is 11.8 Å². The molecule has 1 aliphatic heterocycles. The van der Waals surface area contributed by atoms with Crippen LogP contribution in [-0.2, 0) is 0 Å². The normalized spacial score (nSPS) is 42.2. The van der Waals surface area contributed by atoms with Crippen LogP contribution in [0.5, 0.6) is 0 Å². The molecule has 1 saturated heterocycles. The monoisotopic (exact) mass is 242 g/mol. The van der Waals surface area contributed by atoms with E-state index in [1.807, 2.05) is 0 Å². The van der Waals surface area contributed by atoms with Crippen molar-refractivity contribution in [3.8, 4) is 0 Å². The molecule has 1 heterocycles. The second-order valence-corrected chi connectivity index (χ2v) is 7.53. The molecular formula is C13H26N2S. The van der Waals surface area contributed by atoms with Gasteiger partial charge in [-0.05, 0) is 18.8 Å². The van der Waals surface area contributed by atoms with Gasteiger partial charge < -0.3 is 5.73 Å². The van der Waals surface area contributed by atoms with Crippen molar-refractivity contribution in [3.63, 3.8) is 0 Å². The highest BCUT2D eigenvalue weighted by atomic mass is 32.2. The van der Waals surface area contributed by atoms with Gasteiger partial charge in [0.05, 0.1) is 0 Å². The van der Waals surface area contributed by atoms with Gasteiger partial charge in [0.1, 0.15) is 0 Å². The zero-order chi connectivity index (χ0) is 11.6. The summed E-state index contributed by atoms with van der Waals surface area (Å²) in [5.74, 6) is 2.11. The third-order valence-corrected chi connectivity index (χ3v) is 5.13. The van der Waals surface area contributed by atoms with Gasteiger partial charge in [-0.2, -0.15) is 11.8 Å². The van der Waals surface area contributed by atoms with Gasteiger partial charge in [0.2, 0.25) is 0 Å². The van der Waals surface area contributed by atoms with Crippen LogP contribution < -0.4 is 5.73 Å². The minimum atomic E-state index is 0.111. The predicted molar refractivity (Wildman–Crippen MR) is 72.9 cm³/mol. The molecule has 0 amide bonds. The van der Waals surface area contributed by atoms with Crippen molar-refractivity contribution in [2.75, 3.05) is 25.4 Å². The van der Waals surface area contributed by atoms with Gasteiger partial charge in [0.15, 0.2) is 0 Å². The van der Waals surface area contributed by atoms with E-state index in [4.69, 9.17) is 5.73 Å². The molecule has 0 spiro atoms. The Bertz CT molecular complexity index is 234. The summed E-state index contributed by atoms with van der Waals surface area (Å²) in [6, 6.07) is 0. The molecule has 94 valence electrons. The lowest BCUT2D eigenvalue weighted by atomic mass is 9.77. The quantitative estimate of drug-likeness (QED) is 0.806. The Labute approximate surface area is 104 Å². The number of rotatable bonds is 2. The first-order chi connectivity index (χ1) is 7.57. The van der Waals surface area contributed by atoms with E-state index in [0.29, 0.717) is 0 Å². The van der Waals surface area contributed by atoms with Crippen molar-refractivity contribution in [3.05, 3.63) is 0 Å². The van der Waals surface area contributed by atoms with Gasteiger partial charge in [0.25, 0.3) is 0 Å². The average molecular weight is 242 g/mol. The molecule has 3 atom stereocenters. The molecule has 3 unspecified atom stereocenters. The maximum Gasteiger partial charge on any atom is 0.0285 e. The third-order valence-electron chi connectivity index (χ3n) is 3.99. The summed E-state index contributed by atoms with van der Waals surface area (Å²) < 4.78 is 0. The largest absolute Gasteiger partial charge is 0.324 e. The number of hydrogen-bond acceptors (Lipinski definition) is 3. The summed E-state index contributed by atoms with van der Waals surface area (Å²) >= 11 is 2.10. The fraction of sp³-hybridized carbons (Fsp3) is 1.00. The van der Waals surface area contributed by atoms with Crippen molar-refractivity contribution in [2.45, 2.75) is 50.3 Å². The summed E-state index contributed by atoms with van der Waals surface area (Å²) in [4.78, 5) is 2.60. The topological polar surface area (TPSA) is 29.3 Å². The van der Waals surface area contributed by atoms with E-state index >= 15 is 0 Å². The summed E-state index contributed by atoms with van der Waals surface area (Å²) in [5.41, 5.74) is 6.69. The molecule has 1 aliphatic carbocycles. The van der Waals surface area contributed by atoms with E-state index in [0.717, 1.165) is 17.7 Å². The van der Waals surface area contributed by atoms with E-state index in [2.05, 4.69) is 30.5 Å². The highest BCUT2D eigenvalue weighted by Crippen LogP contribution is 2.31. The van der Waals surface area contributed by atoms with E-state index in [1.165, 1.54) is 44.5 Å². The van der Waals surface area contributed by atoms with Crippen LogP contribution in [0.1, 0.15) is 39.5 Å². The van der Waals surface area contributed by atoms with Crippen molar-refractivity contribution in [2.24, 2.45) is 11.7 Å². The van der Waals surface area contributed by atoms with Gasteiger partial charge in [0, 0.05) is 36.2 Å². The average Bonchev–Trinajstić information content (AvgIpc) is 2.16. The predicted octanol–water partition coefficient (Wildman–Crippen LogP) is 2.33. The Kier molecular flexibility index (Phi) is 4.20. The Balaban J connectivity index is 1.87. The van der Waals surface area contributed by atoms with Crippen LogP contribution in [0.2, 0.25) is 0 Å². The summed E-state index contributed by atoms with van der Waals surface area (Å²) in [5, 5.41) is 0.790. The van der Waals surface area contributed by atoms with E-state index in [-0.39, 0.29) is 5.54 Å². The third kappa shape index (κ3) is 3.38. The first-order valence-corrected chi connectivity index (χ1v) is 7.75.